The Morgan fingerprint density at radius 3 is 2.09 bits per heavy atom. The molecular formula is C10H9Cl. The Kier molecular flexibility index (Phi) is 0.999. The smallest absolute Gasteiger partial charge is 0.0473 e. The summed E-state index contributed by atoms with van der Waals surface area (Å²) in [5.41, 5.74) is 3.02. The van der Waals surface area contributed by atoms with Gasteiger partial charge in [-0.05, 0) is 17.5 Å². The summed E-state index contributed by atoms with van der Waals surface area (Å²) in [5.74, 6) is 1.36. The van der Waals surface area contributed by atoms with Gasteiger partial charge in [-0.2, -0.15) is 0 Å². The highest BCUT2D eigenvalue weighted by Gasteiger charge is 2.49. The number of halogens is 1. The van der Waals surface area contributed by atoms with E-state index < -0.39 is 0 Å². The third-order valence-electron chi connectivity index (χ3n) is 3.07. The molecule has 1 saturated carbocycles. The van der Waals surface area contributed by atoms with Crippen LogP contribution in [-0.2, 0) is 0 Å². The van der Waals surface area contributed by atoms with E-state index in [-0.39, 0.29) is 0 Å². The van der Waals surface area contributed by atoms with Crippen molar-refractivity contribution in [2.45, 2.75) is 23.6 Å². The van der Waals surface area contributed by atoms with Crippen molar-refractivity contribution in [3.63, 3.8) is 0 Å². The lowest BCUT2D eigenvalue weighted by atomic mass is 9.81. The first kappa shape index (κ1) is 6.07. The lowest BCUT2D eigenvalue weighted by Crippen LogP contribution is -2.24. The first-order chi connectivity index (χ1) is 5.38. The summed E-state index contributed by atoms with van der Waals surface area (Å²) in [7, 11) is 0. The van der Waals surface area contributed by atoms with Gasteiger partial charge in [-0.3, -0.25) is 0 Å². The molecule has 2 bridgehead atoms. The van der Waals surface area contributed by atoms with Gasteiger partial charge in [-0.25, -0.2) is 0 Å². The van der Waals surface area contributed by atoms with Gasteiger partial charge in [0.25, 0.3) is 0 Å². The lowest BCUT2D eigenvalue weighted by Gasteiger charge is -2.30. The molecule has 3 aliphatic rings. The third kappa shape index (κ3) is 0.576. The van der Waals surface area contributed by atoms with Crippen molar-refractivity contribution in [3.05, 3.63) is 35.4 Å². The third-order valence-corrected chi connectivity index (χ3v) is 3.68. The van der Waals surface area contributed by atoms with Gasteiger partial charge in [0.1, 0.15) is 0 Å². The Labute approximate surface area is 71.2 Å². The van der Waals surface area contributed by atoms with Crippen molar-refractivity contribution >= 4 is 11.6 Å². The van der Waals surface area contributed by atoms with E-state index in [1.54, 1.807) is 0 Å². The van der Waals surface area contributed by atoms with Crippen LogP contribution in [-0.4, -0.2) is 5.38 Å². The summed E-state index contributed by atoms with van der Waals surface area (Å²) in [6, 6.07) is 8.68. The zero-order valence-corrected chi connectivity index (χ0v) is 6.88. The van der Waals surface area contributed by atoms with Gasteiger partial charge in [0.05, 0.1) is 0 Å². The molecule has 1 aromatic rings. The Bertz CT molecular complexity index is 276. The van der Waals surface area contributed by atoms with E-state index in [0.717, 1.165) is 0 Å². The molecule has 56 valence electrons. The Hall–Kier alpha value is -0.490. The Balaban J connectivity index is 2.22. The predicted octanol–water partition coefficient (Wildman–Crippen LogP) is 2.88. The van der Waals surface area contributed by atoms with Crippen LogP contribution >= 0.6 is 11.6 Å². The molecule has 11 heavy (non-hydrogen) atoms. The Morgan fingerprint density at radius 1 is 1.09 bits per heavy atom. The van der Waals surface area contributed by atoms with Crippen LogP contribution in [0.25, 0.3) is 0 Å². The standard InChI is InChI=1S/C10H9Cl/c11-10-8-5-9(10)7-4-2-1-3-6(7)8/h1-4,8-10H,5H2/t8-,9+,10?. The fourth-order valence-electron chi connectivity index (χ4n) is 2.40. The van der Waals surface area contributed by atoms with Crippen molar-refractivity contribution < 1.29 is 0 Å². The van der Waals surface area contributed by atoms with Crippen molar-refractivity contribution in [3.8, 4) is 0 Å². The average Bonchev–Trinajstić information content (AvgIpc) is 2.54. The zero-order chi connectivity index (χ0) is 7.42. The first-order valence-corrected chi connectivity index (χ1v) is 4.54. The van der Waals surface area contributed by atoms with E-state index in [1.165, 1.54) is 17.5 Å². The summed E-state index contributed by atoms with van der Waals surface area (Å²) in [4.78, 5) is 0. The summed E-state index contributed by atoms with van der Waals surface area (Å²) in [6.07, 6.45) is 1.30. The molecule has 0 nitrogen and oxygen atoms in total. The minimum absolute atomic E-state index is 0.410. The molecule has 1 aromatic carbocycles. The van der Waals surface area contributed by atoms with Crippen molar-refractivity contribution in [2.24, 2.45) is 0 Å². The molecule has 0 amide bonds. The molecule has 1 fully saturated rings. The van der Waals surface area contributed by atoms with Crippen molar-refractivity contribution in [2.75, 3.05) is 0 Å². The quantitative estimate of drug-likeness (QED) is 0.518. The molecule has 0 aromatic heterocycles. The van der Waals surface area contributed by atoms with Crippen LogP contribution < -0.4 is 0 Å². The highest BCUT2D eigenvalue weighted by molar-refractivity contribution is 6.23. The van der Waals surface area contributed by atoms with E-state index in [9.17, 15) is 0 Å². The normalized spacial score (nSPS) is 38.1. The number of benzene rings is 1. The highest BCUT2D eigenvalue weighted by atomic mass is 35.5. The van der Waals surface area contributed by atoms with Gasteiger partial charge >= 0.3 is 0 Å². The fraction of sp³-hybridized carbons (Fsp3) is 0.400. The molecule has 3 aliphatic carbocycles. The fourth-order valence-corrected chi connectivity index (χ4v) is 2.88. The molecule has 1 heteroatoms. The minimum atomic E-state index is 0.410. The van der Waals surface area contributed by atoms with Crippen LogP contribution in [0.5, 0.6) is 0 Å². The van der Waals surface area contributed by atoms with Gasteiger partial charge < -0.3 is 0 Å². The SMILES string of the molecule is ClC1[C@@H]2C[C@H]1c1ccccc12. The first-order valence-electron chi connectivity index (χ1n) is 4.11. The van der Waals surface area contributed by atoms with Gasteiger partial charge in [-0.15, -0.1) is 11.6 Å². The molecule has 0 saturated heterocycles. The van der Waals surface area contributed by atoms with Gasteiger partial charge in [0, 0.05) is 17.2 Å². The monoisotopic (exact) mass is 164 g/mol. The molecule has 0 heterocycles. The molecule has 1 unspecified atom stereocenters. The second kappa shape index (κ2) is 1.81. The molecular weight excluding hydrogens is 156 g/mol. The van der Waals surface area contributed by atoms with Crippen molar-refractivity contribution in [1.82, 2.24) is 0 Å². The maximum Gasteiger partial charge on any atom is 0.0473 e. The van der Waals surface area contributed by atoms with E-state index in [1.807, 2.05) is 0 Å². The van der Waals surface area contributed by atoms with E-state index in [0.29, 0.717) is 17.2 Å². The Morgan fingerprint density at radius 2 is 1.64 bits per heavy atom. The molecule has 0 N–H and O–H groups in total. The molecule has 0 radical (unpaired) electrons. The minimum Gasteiger partial charge on any atom is -0.122 e. The second-order valence-electron chi connectivity index (χ2n) is 3.52. The van der Waals surface area contributed by atoms with Crippen LogP contribution in [0.4, 0.5) is 0 Å². The van der Waals surface area contributed by atoms with Gasteiger partial charge in [0.15, 0.2) is 0 Å². The van der Waals surface area contributed by atoms with Crippen molar-refractivity contribution in [1.29, 1.82) is 0 Å². The van der Waals surface area contributed by atoms with Crippen LogP contribution in [0.2, 0.25) is 0 Å². The van der Waals surface area contributed by atoms with Gasteiger partial charge in [0.2, 0.25) is 0 Å². The summed E-state index contributed by atoms with van der Waals surface area (Å²) in [5, 5.41) is 0.410. The van der Waals surface area contributed by atoms with E-state index >= 15 is 0 Å². The summed E-state index contributed by atoms with van der Waals surface area (Å²) < 4.78 is 0. The molecule has 0 spiro atoms. The summed E-state index contributed by atoms with van der Waals surface area (Å²) >= 11 is 6.18. The number of hydrogen-bond acceptors (Lipinski definition) is 0. The maximum atomic E-state index is 6.18. The van der Waals surface area contributed by atoms with E-state index in [2.05, 4.69) is 24.3 Å². The largest absolute Gasteiger partial charge is 0.122 e. The van der Waals surface area contributed by atoms with Crippen LogP contribution in [0.1, 0.15) is 29.4 Å². The zero-order valence-electron chi connectivity index (χ0n) is 6.13. The summed E-state index contributed by atoms with van der Waals surface area (Å²) in [6.45, 7) is 0. The molecule has 4 rings (SSSR count). The van der Waals surface area contributed by atoms with Crippen LogP contribution in [0.15, 0.2) is 24.3 Å². The number of rotatable bonds is 0. The highest BCUT2D eigenvalue weighted by Crippen LogP contribution is 2.59. The lowest BCUT2D eigenvalue weighted by molar-refractivity contribution is 0.416. The molecule has 0 aliphatic heterocycles. The predicted molar refractivity (Wildman–Crippen MR) is 46.2 cm³/mol. The number of hydrogen-bond donors (Lipinski definition) is 0. The molecule has 3 atom stereocenters. The maximum absolute atomic E-state index is 6.18. The average molecular weight is 165 g/mol. The van der Waals surface area contributed by atoms with E-state index in [4.69, 9.17) is 11.6 Å². The topological polar surface area (TPSA) is 0 Å². The van der Waals surface area contributed by atoms with Gasteiger partial charge in [-0.1, -0.05) is 24.3 Å². The van der Waals surface area contributed by atoms with Crippen LogP contribution in [0.3, 0.4) is 0 Å². The van der Waals surface area contributed by atoms with Crippen LogP contribution in [0, 0.1) is 0 Å². The number of alkyl halides is 1. The second-order valence-corrected chi connectivity index (χ2v) is 4.03.